The van der Waals surface area contributed by atoms with Crippen LogP contribution in [0, 0.1) is 5.92 Å². The van der Waals surface area contributed by atoms with E-state index in [0.29, 0.717) is 51.2 Å². The van der Waals surface area contributed by atoms with Gasteiger partial charge in [-0.1, -0.05) is 0 Å². The molecule has 0 unspecified atom stereocenters. The van der Waals surface area contributed by atoms with E-state index in [0.717, 1.165) is 0 Å². The lowest BCUT2D eigenvalue weighted by Crippen LogP contribution is -2.56. The van der Waals surface area contributed by atoms with E-state index < -0.39 is 0 Å². The van der Waals surface area contributed by atoms with Crippen molar-refractivity contribution in [1.29, 1.82) is 0 Å². The summed E-state index contributed by atoms with van der Waals surface area (Å²) >= 11 is 0. The van der Waals surface area contributed by atoms with E-state index >= 15 is 0 Å². The van der Waals surface area contributed by atoms with Crippen molar-refractivity contribution in [2.75, 3.05) is 51.4 Å². The molecular weight excluding hydrogens is 260 g/mol. The van der Waals surface area contributed by atoms with E-state index in [-0.39, 0.29) is 11.8 Å². The molecule has 0 N–H and O–H groups in total. The van der Waals surface area contributed by atoms with Crippen LogP contribution in [0.5, 0.6) is 5.88 Å². The third-order valence-electron chi connectivity index (χ3n) is 3.66. The Hall–Kier alpha value is -1.89. The average Bonchev–Trinajstić information content (AvgIpc) is 2.47. The number of methoxy groups -OCH3 is 1. The van der Waals surface area contributed by atoms with E-state index in [1.54, 1.807) is 19.4 Å². The SMILES string of the molecule is COc1ccnc(N2CC(C(=O)N3CCOCC3)C2)n1. The van der Waals surface area contributed by atoms with Gasteiger partial charge < -0.3 is 19.3 Å². The lowest BCUT2D eigenvalue weighted by atomic mass is 9.99. The molecule has 0 aliphatic carbocycles. The van der Waals surface area contributed by atoms with Gasteiger partial charge in [0.25, 0.3) is 0 Å². The maximum Gasteiger partial charge on any atom is 0.229 e. The third kappa shape index (κ3) is 2.53. The van der Waals surface area contributed by atoms with Gasteiger partial charge in [0.05, 0.1) is 26.2 Å². The summed E-state index contributed by atoms with van der Waals surface area (Å²) in [6.45, 7) is 4.02. The number of rotatable bonds is 3. The van der Waals surface area contributed by atoms with Crippen LogP contribution < -0.4 is 9.64 Å². The molecule has 1 aromatic heterocycles. The molecule has 0 atom stereocenters. The van der Waals surface area contributed by atoms with Gasteiger partial charge in [0.2, 0.25) is 17.7 Å². The van der Waals surface area contributed by atoms with Crippen molar-refractivity contribution in [2.24, 2.45) is 5.92 Å². The molecule has 0 spiro atoms. The Kier molecular flexibility index (Phi) is 3.68. The minimum atomic E-state index is 0.0444. The van der Waals surface area contributed by atoms with Crippen molar-refractivity contribution < 1.29 is 14.3 Å². The van der Waals surface area contributed by atoms with Gasteiger partial charge in [0.1, 0.15) is 0 Å². The maximum absolute atomic E-state index is 12.3. The quantitative estimate of drug-likeness (QED) is 0.761. The highest BCUT2D eigenvalue weighted by Gasteiger charge is 2.37. The summed E-state index contributed by atoms with van der Waals surface area (Å²) in [7, 11) is 1.58. The van der Waals surface area contributed by atoms with Crippen molar-refractivity contribution in [3.8, 4) is 5.88 Å². The van der Waals surface area contributed by atoms with Gasteiger partial charge in [0.15, 0.2) is 0 Å². The smallest absolute Gasteiger partial charge is 0.229 e. The molecule has 0 bridgehead atoms. The van der Waals surface area contributed by atoms with Crippen LogP contribution in [0.2, 0.25) is 0 Å². The van der Waals surface area contributed by atoms with Crippen LogP contribution in [-0.4, -0.2) is 67.3 Å². The largest absolute Gasteiger partial charge is 0.481 e. The normalized spacial score (nSPS) is 19.6. The number of nitrogens with zero attached hydrogens (tertiary/aromatic N) is 4. The molecular formula is C13H18N4O3. The Morgan fingerprint density at radius 2 is 2.15 bits per heavy atom. The molecule has 0 aromatic carbocycles. The highest BCUT2D eigenvalue weighted by atomic mass is 16.5. The summed E-state index contributed by atoms with van der Waals surface area (Å²) in [6, 6.07) is 1.71. The monoisotopic (exact) mass is 278 g/mol. The second-order valence-corrected chi connectivity index (χ2v) is 4.94. The third-order valence-corrected chi connectivity index (χ3v) is 3.66. The predicted octanol–water partition coefficient (Wildman–Crippen LogP) is -0.220. The molecule has 0 saturated carbocycles. The molecule has 2 fully saturated rings. The van der Waals surface area contributed by atoms with Crippen LogP contribution in [0.15, 0.2) is 12.3 Å². The number of ether oxygens (including phenoxy) is 2. The van der Waals surface area contributed by atoms with Crippen molar-refractivity contribution in [1.82, 2.24) is 14.9 Å². The van der Waals surface area contributed by atoms with E-state index in [1.165, 1.54) is 0 Å². The molecule has 2 aliphatic heterocycles. The summed E-state index contributed by atoms with van der Waals surface area (Å²) in [5.41, 5.74) is 0. The van der Waals surface area contributed by atoms with Crippen molar-refractivity contribution in [3.63, 3.8) is 0 Å². The minimum Gasteiger partial charge on any atom is -0.481 e. The molecule has 2 saturated heterocycles. The fourth-order valence-corrected chi connectivity index (χ4v) is 2.44. The van der Waals surface area contributed by atoms with Gasteiger partial charge in [-0.15, -0.1) is 0 Å². The lowest BCUT2D eigenvalue weighted by molar-refractivity contribution is -0.140. The van der Waals surface area contributed by atoms with Crippen LogP contribution in [0.25, 0.3) is 0 Å². The van der Waals surface area contributed by atoms with E-state index in [1.807, 2.05) is 9.80 Å². The number of carbonyl (C=O) groups is 1. The number of aromatic nitrogens is 2. The number of carbonyl (C=O) groups excluding carboxylic acids is 1. The molecule has 7 heteroatoms. The van der Waals surface area contributed by atoms with Gasteiger partial charge >= 0.3 is 0 Å². The van der Waals surface area contributed by atoms with Crippen LogP contribution in [0.3, 0.4) is 0 Å². The lowest BCUT2D eigenvalue weighted by Gasteiger charge is -2.41. The van der Waals surface area contributed by atoms with Crippen LogP contribution in [0.4, 0.5) is 5.95 Å². The Bertz CT molecular complexity index is 484. The molecule has 20 heavy (non-hydrogen) atoms. The maximum atomic E-state index is 12.3. The first-order valence-electron chi connectivity index (χ1n) is 6.76. The molecule has 108 valence electrons. The van der Waals surface area contributed by atoms with Crippen molar-refractivity contribution in [2.45, 2.75) is 0 Å². The number of anilines is 1. The summed E-state index contributed by atoms with van der Waals surface area (Å²) < 4.78 is 10.3. The van der Waals surface area contributed by atoms with Gasteiger partial charge in [-0.25, -0.2) is 4.98 Å². The first kappa shape index (κ1) is 13.1. The first-order valence-corrected chi connectivity index (χ1v) is 6.76. The Balaban J connectivity index is 1.56. The van der Waals surface area contributed by atoms with Crippen LogP contribution in [0.1, 0.15) is 0 Å². The Morgan fingerprint density at radius 3 is 2.85 bits per heavy atom. The zero-order valence-corrected chi connectivity index (χ0v) is 11.5. The summed E-state index contributed by atoms with van der Waals surface area (Å²) in [6.07, 6.45) is 1.66. The second-order valence-electron chi connectivity index (χ2n) is 4.94. The highest BCUT2D eigenvalue weighted by Crippen LogP contribution is 2.24. The van der Waals surface area contributed by atoms with Crippen molar-refractivity contribution in [3.05, 3.63) is 12.3 Å². The van der Waals surface area contributed by atoms with E-state index in [4.69, 9.17) is 9.47 Å². The van der Waals surface area contributed by atoms with Crippen LogP contribution >= 0.6 is 0 Å². The molecule has 3 heterocycles. The van der Waals surface area contributed by atoms with Gasteiger partial charge in [0, 0.05) is 38.4 Å². The predicted molar refractivity (Wildman–Crippen MR) is 71.7 cm³/mol. The topological polar surface area (TPSA) is 67.8 Å². The molecule has 2 aliphatic rings. The van der Waals surface area contributed by atoms with Crippen LogP contribution in [-0.2, 0) is 9.53 Å². The zero-order chi connectivity index (χ0) is 13.9. The molecule has 1 aromatic rings. The number of morpholine rings is 1. The number of hydrogen-bond donors (Lipinski definition) is 0. The Labute approximate surface area is 117 Å². The highest BCUT2D eigenvalue weighted by molar-refractivity contribution is 5.81. The Morgan fingerprint density at radius 1 is 1.40 bits per heavy atom. The van der Waals surface area contributed by atoms with Gasteiger partial charge in [-0.05, 0) is 0 Å². The summed E-state index contributed by atoms with van der Waals surface area (Å²) in [4.78, 5) is 24.6. The standard InChI is InChI=1S/C13H18N4O3/c1-19-11-2-3-14-13(15-11)17-8-10(9-17)12(18)16-4-6-20-7-5-16/h2-3,10H,4-9H2,1H3. The number of amides is 1. The fraction of sp³-hybridized carbons (Fsp3) is 0.615. The molecule has 1 amide bonds. The molecule has 0 radical (unpaired) electrons. The van der Waals surface area contributed by atoms with Gasteiger partial charge in [-0.3, -0.25) is 4.79 Å². The first-order chi connectivity index (χ1) is 9.78. The van der Waals surface area contributed by atoms with Gasteiger partial charge in [-0.2, -0.15) is 4.98 Å². The molecule has 3 rings (SSSR count). The number of hydrogen-bond acceptors (Lipinski definition) is 6. The fourth-order valence-electron chi connectivity index (χ4n) is 2.44. The molecule has 7 nitrogen and oxygen atoms in total. The minimum absolute atomic E-state index is 0.0444. The van der Waals surface area contributed by atoms with E-state index in [9.17, 15) is 4.79 Å². The summed E-state index contributed by atoms with van der Waals surface area (Å²) in [5, 5.41) is 0. The van der Waals surface area contributed by atoms with Crippen molar-refractivity contribution >= 4 is 11.9 Å². The zero-order valence-electron chi connectivity index (χ0n) is 11.5. The van der Waals surface area contributed by atoms with E-state index in [2.05, 4.69) is 9.97 Å². The second kappa shape index (κ2) is 5.62. The average molecular weight is 278 g/mol. The summed E-state index contributed by atoms with van der Waals surface area (Å²) in [5.74, 6) is 1.42.